The molecule has 1 aliphatic rings. The van der Waals surface area contributed by atoms with E-state index in [0.717, 1.165) is 12.8 Å². The number of benzene rings is 1. The summed E-state index contributed by atoms with van der Waals surface area (Å²) >= 11 is 0. The smallest absolute Gasteiger partial charge is 0.371 e. The molecular weight excluding hydrogens is 341 g/mol. The molecule has 0 radical (unpaired) electrons. The molecule has 2 rings (SSSR count). The second-order valence-corrected chi connectivity index (χ2v) is 7.22. The zero-order chi connectivity index (χ0) is 19.5. The number of alkyl halides is 3. The van der Waals surface area contributed by atoms with Crippen LogP contribution in [0.3, 0.4) is 0 Å². The van der Waals surface area contributed by atoms with Crippen LogP contribution in [0.25, 0.3) is 0 Å². The maximum Gasteiger partial charge on any atom is 0.416 e. The van der Waals surface area contributed by atoms with Gasteiger partial charge in [-0.05, 0) is 50.3 Å². The van der Waals surface area contributed by atoms with Gasteiger partial charge < -0.3 is 9.80 Å². The van der Waals surface area contributed by atoms with E-state index in [1.54, 1.807) is 30.9 Å². The van der Waals surface area contributed by atoms with E-state index in [4.69, 9.17) is 0 Å². The lowest BCUT2D eigenvalue weighted by atomic mass is 9.93. The lowest BCUT2D eigenvalue weighted by molar-refractivity contribution is -0.138. The van der Waals surface area contributed by atoms with Crippen molar-refractivity contribution < 1.29 is 18.0 Å². The zero-order valence-corrected chi connectivity index (χ0v) is 16.1. The Balaban J connectivity index is 2.26. The number of rotatable bonds is 5. The molecule has 1 heterocycles. The quantitative estimate of drug-likeness (QED) is 0.735. The van der Waals surface area contributed by atoms with Gasteiger partial charge in [0.25, 0.3) is 0 Å². The van der Waals surface area contributed by atoms with E-state index in [0.29, 0.717) is 37.4 Å². The fourth-order valence-electron chi connectivity index (χ4n) is 3.70. The summed E-state index contributed by atoms with van der Waals surface area (Å²) in [5.74, 6) is -0.240. The molecule has 26 heavy (non-hydrogen) atoms. The van der Waals surface area contributed by atoms with Crippen LogP contribution in [0.2, 0.25) is 0 Å². The number of hydrogen-bond acceptors (Lipinski definition) is 2. The van der Waals surface area contributed by atoms with E-state index in [1.165, 1.54) is 6.07 Å². The van der Waals surface area contributed by atoms with E-state index < -0.39 is 11.7 Å². The Hall–Kier alpha value is -1.72. The summed E-state index contributed by atoms with van der Waals surface area (Å²) < 4.78 is 40.4. The zero-order valence-electron chi connectivity index (χ0n) is 16.1. The first kappa shape index (κ1) is 20.6. The van der Waals surface area contributed by atoms with Gasteiger partial charge >= 0.3 is 6.18 Å². The molecule has 1 aliphatic heterocycles. The van der Waals surface area contributed by atoms with Crippen molar-refractivity contribution >= 4 is 11.6 Å². The lowest BCUT2D eigenvalue weighted by Gasteiger charge is -2.36. The molecule has 1 fully saturated rings. The standard InChI is InChI=1S/C20H29F3N2O/c1-5-24(6-2)19(26)15-8-7-11-25(13-15)16-9-10-17(14(3)4)18(12-16)20(21,22)23/h9-10,12,14-15H,5-8,11,13H2,1-4H3. The van der Waals surface area contributed by atoms with Crippen LogP contribution in [0.5, 0.6) is 0 Å². The Morgan fingerprint density at radius 3 is 2.46 bits per heavy atom. The van der Waals surface area contributed by atoms with Gasteiger partial charge in [-0.15, -0.1) is 0 Å². The first-order chi connectivity index (χ1) is 12.2. The monoisotopic (exact) mass is 370 g/mol. The van der Waals surface area contributed by atoms with Gasteiger partial charge in [0.1, 0.15) is 0 Å². The molecule has 0 aliphatic carbocycles. The molecule has 0 bridgehead atoms. The molecule has 0 N–H and O–H groups in total. The Morgan fingerprint density at radius 1 is 1.27 bits per heavy atom. The average Bonchev–Trinajstić information content (AvgIpc) is 2.61. The van der Waals surface area contributed by atoms with Crippen molar-refractivity contribution in [2.24, 2.45) is 5.92 Å². The Bertz CT molecular complexity index is 624. The minimum Gasteiger partial charge on any atom is -0.371 e. The number of anilines is 1. The molecule has 1 aromatic rings. The number of halogens is 3. The Kier molecular flexibility index (Phi) is 6.58. The molecule has 0 aromatic heterocycles. The normalized spacial score (nSPS) is 18.3. The van der Waals surface area contributed by atoms with Crippen LogP contribution in [0.4, 0.5) is 18.9 Å². The van der Waals surface area contributed by atoms with Gasteiger partial charge in [-0.3, -0.25) is 4.79 Å². The molecule has 0 spiro atoms. The van der Waals surface area contributed by atoms with Crippen molar-refractivity contribution in [3.63, 3.8) is 0 Å². The summed E-state index contributed by atoms with van der Waals surface area (Å²) in [5.41, 5.74) is 0.301. The topological polar surface area (TPSA) is 23.6 Å². The molecule has 0 saturated carbocycles. The first-order valence-corrected chi connectivity index (χ1v) is 9.43. The number of carbonyl (C=O) groups excluding carboxylic acids is 1. The van der Waals surface area contributed by atoms with E-state index in [9.17, 15) is 18.0 Å². The maximum atomic E-state index is 13.5. The summed E-state index contributed by atoms with van der Waals surface area (Å²) in [6.45, 7) is 9.91. The second kappa shape index (κ2) is 8.31. The SMILES string of the molecule is CCN(CC)C(=O)C1CCCN(c2ccc(C(C)C)c(C(F)(F)F)c2)C1. The summed E-state index contributed by atoms with van der Waals surface area (Å²) in [6.07, 6.45) is -2.77. The van der Waals surface area contributed by atoms with E-state index in [-0.39, 0.29) is 17.7 Å². The predicted molar refractivity (Wildman–Crippen MR) is 98.4 cm³/mol. The van der Waals surface area contributed by atoms with Gasteiger partial charge in [-0.2, -0.15) is 13.2 Å². The lowest BCUT2D eigenvalue weighted by Crippen LogP contribution is -2.45. The van der Waals surface area contributed by atoms with Crippen LogP contribution in [0, 0.1) is 5.92 Å². The van der Waals surface area contributed by atoms with Gasteiger partial charge in [0, 0.05) is 31.9 Å². The van der Waals surface area contributed by atoms with Crippen LogP contribution in [-0.4, -0.2) is 37.0 Å². The van der Waals surface area contributed by atoms with Crippen LogP contribution in [-0.2, 0) is 11.0 Å². The van der Waals surface area contributed by atoms with Crippen molar-refractivity contribution in [3.05, 3.63) is 29.3 Å². The van der Waals surface area contributed by atoms with E-state index in [2.05, 4.69) is 0 Å². The molecule has 146 valence electrons. The van der Waals surface area contributed by atoms with Crippen molar-refractivity contribution in [3.8, 4) is 0 Å². The molecule has 1 saturated heterocycles. The van der Waals surface area contributed by atoms with Crippen molar-refractivity contribution in [1.82, 2.24) is 4.90 Å². The highest BCUT2D eigenvalue weighted by Crippen LogP contribution is 2.38. The highest BCUT2D eigenvalue weighted by molar-refractivity contribution is 5.79. The van der Waals surface area contributed by atoms with Gasteiger partial charge in [0.15, 0.2) is 0 Å². The summed E-state index contributed by atoms with van der Waals surface area (Å²) in [5, 5.41) is 0. The Labute approximate surface area is 154 Å². The summed E-state index contributed by atoms with van der Waals surface area (Å²) in [6, 6.07) is 4.59. The van der Waals surface area contributed by atoms with Gasteiger partial charge in [-0.25, -0.2) is 0 Å². The number of nitrogens with zero attached hydrogens (tertiary/aromatic N) is 2. The van der Waals surface area contributed by atoms with Crippen LogP contribution >= 0.6 is 0 Å². The van der Waals surface area contributed by atoms with Crippen molar-refractivity contribution in [2.75, 3.05) is 31.1 Å². The fourth-order valence-corrected chi connectivity index (χ4v) is 3.70. The third-order valence-corrected chi connectivity index (χ3v) is 5.18. The van der Waals surface area contributed by atoms with Gasteiger partial charge in [-0.1, -0.05) is 19.9 Å². The molecule has 3 nitrogen and oxygen atoms in total. The largest absolute Gasteiger partial charge is 0.416 e. The highest BCUT2D eigenvalue weighted by atomic mass is 19.4. The molecule has 6 heteroatoms. The molecular formula is C20H29F3N2O. The second-order valence-electron chi connectivity index (χ2n) is 7.22. The van der Waals surface area contributed by atoms with Crippen molar-refractivity contribution in [2.45, 2.75) is 52.6 Å². The molecule has 1 atom stereocenters. The number of piperidine rings is 1. The third-order valence-electron chi connectivity index (χ3n) is 5.18. The molecule has 1 amide bonds. The van der Waals surface area contributed by atoms with E-state index >= 15 is 0 Å². The highest BCUT2D eigenvalue weighted by Gasteiger charge is 2.35. The number of amides is 1. The summed E-state index contributed by atoms with van der Waals surface area (Å²) in [7, 11) is 0. The number of hydrogen-bond donors (Lipinski definition) is 0. The molecule has 1 unspecified atom stereocenters. The molecule has 1 aromatic carbocycles. The van der Waals surface area contributed by atoms with Crippen LogP contribution in [0.1, 0.15) is 57.6 Å². The fraction of sp³-hybridized carbons (Fsp3) is 0.650. The average molecular weight is 370 g/mol. The minimum atomic E-state index is -4.37. The number of carbonyl (C=O) groups is 1. The first-order valence-electron chi connectivity index (χ1n) is 9.43. The van der Waals surface area contributed by atoms with E-state index in [1.807, 2.05) is 18.7 Å². The third kappa shape index (κ3) is 4.51. The maximum absolute atomic E-state index is 13.5. The summed E-state index contributed by atoms with van der Waals surface area (Å²) in [4.78, 5) is 16.4. The Morgan fingerprint density at radius 2 is 1.92 bits per heavy atom. The predicted octanol–water partition coefficient (Wildman–Crippen LogP) is 4.91. The minimum absolute atomic E-state index is 0.106. The van der Waals surface area contributed by atoms with Crippen molar-refractivity contribution in [1.29, 1.82) is 0 Å². The van der Waals surface area contributed by atoms with Crippen LogP contribution in [0.15, 0.2) is 18.2 Å². The van der Waals surface area contributed by atoms with Gasteiger partial charge in [0.2, 0.25) is 5.91 Å². The van der Waals surface area contributed by atoms with Gasteiger partial charge in [0.05, 0.1) is 11.5 Å². The van der Waals surface area contributed by atoms with Crippen LogP contribution < -0.4 is 4.90 Å².